The summed E-state index contributed by atoms with van der Waals surface area (Å²) in [5, 5.41) is 3.39. The highest BCUT2D eigenvalue weighted by molar-refractivity contribution is 7.89. The lowest BCUT2D eigenvalue weighted by Gasteiger charge is -2.19. The van der Waals surface area contributed by atoms with Gasteiger partial charge in [0.15, 0.2) is 0 Å². The summed E-state index contributed by atoms with van der Waals surface area (Å²) in [6, 6.07) is 17.2. The van der Waals surface area contributed by atoms with Crippen LogP contribution in [0.1, 0.15) is 11.1 Å². The maximum Gasteiger partial charge on any atom is 0.242 e. The molecule has 3 aromatic rings. The predicted molar refractivity (Wildman–Crippen MR) is 127 cm³/mol. The Labute approximate surface area is 197 Å². The Hall–Kier alpha value is -2.58. The molecule has 0 heterocycles. The normalized spacial score (nSPS) is 12.2. The minimum Gasteiger partial charge on any atom is -0.496 e. The van der Waals surface area contributed by atoms with Crippen molar-refractivity contribution in [3.05, 3.63) is 87.9 Å². The number of amides is 1. The lowest BCUT2D eigenvalue weighted by Crippen LogP contribution is -2.45. The summed E-state index contributed by atoms with van der Waals surface area (Å²) in [4.78, 5) is 13.1. The molecule has 0 bridgehead atoms. The Morgan fingerprint density at radius 2 is 1.66 bits per heavy atom. The van der Waals surface area contributed by atoms with E-state index < -0.39 is 22.0 Å². The number of rotatable bonds is 8. The molecule has 9 heteroatoms. The molecule has 1 amide bonds. The lowest BCUT2D eigenvalue weighted by molar-refractivity contribution is -0.117. The third-order valence-corrected chi connectivity index (χ3v) is 6.61. The van der Waals surface area contributed by atoms with Crippen molar-refractivity contribution in [3.63, 3.8) is 0 Å². The van der Waals surface area contributed by atoms with Crippen molar-refractivity contribution in [2.24, 2.45) is 0 Å². The minimum atomic E-state index is -4.00. The van der Waals surface area contributed by atoms with Crippen molar-refractivity contribution in [2.45, 2.75) is 24.3 Å². The standard InChI is InChI=1S/C23H22Cl2N2O4S/c1-15-10-20(8-9-22(15)31-2)32(29,30)27-21(11-16-6-4-3-5-7-16)23(28)26-19-13-17(24)12-18(25)14-19/h3-10,12-14,21,27H,11H2,1-2H3,(H,26,28)/t21-/m1/s1. The van der Waals surface area contributed by atoms with Crippen LogP contribution in [0, 0.1) is 6.92 Å². The van der Waals surface area contributed by atoms with Crippen LogP contribution in [0.15, 0.2) is 71.6 Å². The van der Waals surface area contributed by atoms with Gasteiger partial charge >= 0.3 is 0 Å². The highest BCUT2D eigenvalue weighted by Gasteiger charge is 2.27. The van der Waals surface area contributed by atoms with Gasteiger partial charge in [-0.05, 0) is 60.9 Å². The van der Waals surface area contributed by atoms with E-state index in [1.54, 1.807) is 13.0 Å². The zero-order valence-electron chi connectivity index (χ0n) is 17.4. The fourth-order valence-electron chi connectivity index (χ4n) is 3.17. The summed E-state index contributed by atoms with van der Waals surface area (Å²) >= 11 is 12.0. The monoisotopic (exact) mass is 492 g/mol. The first-order valence-electron chi connectivity index (χ1n) is 9.66. The number of sulfonamides is 1. The van der Waals surface area contributed by atoms with Gasteiger partial charge in [-0.3, -0.25) is 4.79 Å². The van der Waals surface area contributed by atoms with E-state index in [4.69, 9.17) is 27.9 Å². The van der Waals surface area contributed by atoms with E-state index >= 15 is 0 Å². The number of hydrogen-bond acceptors (Lipinski definition) is 4. The molecule has 0 aliphatic carbocycles. The number of hydrogen-bond donors (Lipinski definition) is 2. The van der Waals surface area contributed by atoms with Crippen LogP contribution in [0.3, 0.4) is 0 Å². The highest BCUT2D eigenvalue weighted by atomic mass is 35.5. The minimum absolute atomic E-state index is 0.0347. The summed E-state index contributed by atoms with van der Waals surface area (Å²) in [6.07, 6.45) is 0.148. The summed E-state index contributed by atoms with van der Waals surface area (Å²) in [6.45, 7) is 1.74. The molecule has 0 radical (unpaired) electrons. The number of benzene rings is 3. The number of carbonyl (C=O) groups excluding carboxylic acids is 1. The second-order valence-electron chi connectivity index (χ2n) is 7.14. The predicted octanol–water partition coefficient (Wildman–Crippen LogP) is 4.84. The molecule has 0 saturated heterocycles. The quantitative estimate of drug-likeness (QED) is 0.471. The topological polar surface area (TPSA) is 84.5 Å². The Bertz CT molecular complexity index is 1200. The van der Waals surface area contributed by atoms with Crippen LogP contribution >= 0.6 is 23.2 Å². The molecular formula is C23H22Cl2N2O4S. The first kappa shape index (κ1) is 24.1. The molecule has 168 valence electrons. The average Bonchev–Trinajstić information content (AvgIpc) is 2.73. The van der Waals surface area contributed by atoms with Gasteiger partial charge in [0.05, 0.1) is 12.0 Å². The van der Waals surface area contributed by atoms with Crippen LogP contribution < -0.4 is 14.8 Å². The van der Waals surface area contributed by atoms with Crippen molar-refractivity contribution in [1.29, 1.82) is 0 Å². The summed E-state index contributed by atoms with van der Waals surface area (Å²) < 4.78 is 33.9. The Morgan fingerprint density at radius 3 is 2.25 bits per heavy atom. The number of nitrogens with one attached hydrogen (secondary N) is 2. The van der Waals surface area contributed by atoms with E-state index in [1.165, 1.54) is 37.4 Å². The number of ether oxygens (including phenoxy) is 1. The van der Waals surface area contributed by atoms with Gasteiger partial charge in [0.2, 0.25) is 15.9 Å². The van der Waals surface area contributed by atoms with Crippen LogP contribution in [0.5, 0.6) is 5.75 Å². The van der Waals surface area contributed by atoms with Gasteiger partial charge in [0.25, 0.3) is 0 Å². The zero-order chi connectivity index (χ0) is 23.3. The maximum absolute atomic E-state index is 13.1. The Balaban J connectivity index is 1.89. The SMILES string of the molecule is COc1ccc(S(=O)(=O)N[C@H](Cc2ccccc2)C(=O)Nc2cc(Cl)cc(Cl)c2)cc1C. The molecule has 2 N–H and O–H groups in total. The molecule has 1 atom stereocenters. The third-order valence-electron chi connectivity index (χ3n) is 4.70. The van der Waals surface area contributed by atoms with Crippen molar-refractivity contribution in [3.8, 4) is 5.75 Å². The van der Waals surface area contributed by atoms with Crippen molar-refractivity contribution in [1.82, 2.24) is 4.72 Å². The number of halogens is 2. The van der Waals surface area contributed by atoms with E-state index in [0.29, 0.717) is 27.0 Å². The average molecular weight is 493 g/mol. The van der Waals surface area contributed by atoms with E-state index in [9.17, 15) is 13.2 Å². The lowest BCUT2D eigenvalue weighted by atomic mass is 10.1. The van der Waals surface area contributed by atoms with Crippen LogP contribution in [0.25, 0.3) is 0 Å². The maximum atomic E-state index is 13.1. The van der Waals surface area contributed by atoms with Crippen molar-refractivity contribution in [2.75, 3.05) is 12.4 Å². The second kappa shape index (κ2) is 10.4. The van der Waals surface area contributed by atoms with Crippen molar-refractivity contribution >= 4 is 44.8 Å². The summed E-state index contributed by atoms with van der Waals surface area (Å²) in [5.74, 6) is 0.0290. The molecule has 3 aromatic carbocycles. The largest absolute Gasteiger partial charge is 0.496 e. The van der Waals surface area contributed by atoms with Gasteiger partial charge < -0.3 is 10.1 Å². The fourth-order valence-corrected chi connectivity index (χ4v) is 4.97. The molecule has 3 rings (SSSR count). The first-order chi connectivity index (χ1) is 15.2. The number of carbonyl (C=O) groups is 1. The molecule has 0 saturated carbocycles. The van der Waals surface area contributed by atoms with Crippen molar-refractivity contribution < 1.29 is 17.9 Å². The smallest absolute Gasteiger partial charge is 0.242 e. The summed E-state index contributed by atoms with van der Waals surface area (Å²) in [5.41, 5.74) is 1.82. The molecule has 0 aliphatic heterocycles. The molecule has 0 aliphatic rings. The van der Waals surface area contributed by atoms with Crippen LogP contribution in [0.4, 0.5) is 5.69 Å². The molecule has 32 heavy (non-hydrogen) atoms. The van der Waals surface area contributed by atoms with Crippen LogP contribution in [0.2, 0.25) is 10.0 Å². The van der Waals surface area contributed by atoms with E-state index in [0.717, 1.165) is 5.56 Å². The fraction of sp³-hybridized carbons (Fsp3) is 0.174. The van der Waals surface area contributed by atoms with Gasteiger partial charge in [0, 0.05) is 15.7 Å². The Kier molecular flexibility index (Phi) is 7.79. The molecule has 0 fully saturated rings. The van der Waals surface area contributed by atoms with Crippen LogP contribution in [-0.2, 0) is 21.2 Å². The van der Waals surface area contributed by atoms with E-state index in [1.807, 2.05) is 30.3 Å². The van der Waals surface area contributed by atoms with E-state index in [2.05, 4.69) is 10.0 Å². The van der Waals surface area contributed by atoms with Gasteiger partial charge in [-0.2, -0.15) is 4.72 Å². The van der Waals surface area contributed by atoms with Gasteiger partial charge in [0.1, 0.15) is 11.8 Å². The van der Waals surface area contributed by atoms with Gasteiger partial charge in [-0.1, -0.05) is 53.5 Å². The molecule has 0 unspecified atom stereocenters. The third kappa shape index (κ3) is 6.23. The number of anilines is 1. The second-order valence-corrected chi connectivity index (χ2v) is 9.73. The molecule has 0 spiro atoms. The zero-order valence-corrected chi connectivity index (χ0v) is 19.8. The van der Waals surface area contributed by atoms with E-state index in [-0.39, 0.29) is 11.3 Å². The summed E-state index contributed by atoms with van der Waals surface area (Å²) in [7, 11) is -2.49. The Morgan fingerprint density at radius 1 is 1.00 bits per heavy atom. The first-order valence-corrected chi connectivity index (χ1v) is 11.9. The number of aryl methyl sites for hydroxylation is 1. The van der Waals surface area contributed by atoms with Crippen LogP contribution in [-0.4, -0.2) is 27.5 Å². The highest BCUT2D eigenvalue weighted by Crippen LogP contribution is 2.24. The molecular weight excluding hydrogens is 471 g/mol. The number of methoxy groups -OCH3 is 1. The molecule has 0 aromatic heterocycles. The molecule has 6 nitrogen and oxygen atoms in total. The van der Waals surface area contributed by atoms with Gasteiger partial charge in [-0.15, -0.1) is 0 Å². The van der Waals surface area contributed by atoms with Gasteiger partial charge in [-0.25, -0.2) is 8.42 Å².